The van der Waals surface area contributed by atoms with Crippen LogP contribution in [0.1, 0.15) is 17.7 Å². The van der Waals surface area contributed by atoms with Crippen molar-refractivity contribution in [3.8, 4) is 11.3 Å². The number of carbonyl (C=O) groups excluding carboxylic acids is 1. The third-order valence-corrected chi connectivity index (χ3v) is 5.19. The van der Waals surface area contributed by atoms with Crippen LogP contribution in [0.2, 0.25) is 0 Å². The van der Waals surface area contributed by atoms with Crippen molar-refractivity contribution in [3.63, 3.8) is 0 Å². The fourth-order valence-corrected chi connectivity index (χ4v) is 3.55. The lowest BCUT2D eigenvalue weighted by Crippen LogP contribution is -2.25. The second-order valence-electron chi connectivity index (χ2n) is 6.24. The monoisotopic (exact) mass is 401 g/mol. The van der Waals surface area contributed by atoms with Crippen molar-refractivity contribution in [2.45, 2.75) is 18.6 Å². The fourth-order valence-electron chi connectivity index (χ4n) is 2.70. The maximum atomic E-state index is 13.8. The zero-order valence-electron chi connectivity index (χ0n) is 15.3. The smallest absolute Gasteiger partial charge is 0.220 e. The first-order chi connectivity index (χ1) is 13.6. The third-order valence-electron chi connectivity index (χ3n) is 4.18. The lowest BCUT2D eigenvalue weighted by Gasteiger charge is -2.05. The molecule has 146 valence electrons. The van der Waals surface area contributed by atoms with E-state index in [1.165, 1.54) is 12.1 Å². The van der Waals surface area contributed by atoms with Gasteiger partial charge in [0.1, 0.15) is 23.2 Å². The number of benzene rings is 2. The van der Waals surface area contributed by atoms with E-state index in [2.05, 4.69) is 5.32 Å². The maximum absolute atomic E-state index is 13.8. The van der Waals surface area contributed by atoms with Gasteiger partial charge in [0.25, 0.3) is 0 Å². The highest BCUT2D eigenvalue weighted by atomic mass is 32.2. The molecule has 0 aliphatic heterocycles. The number of carbonyl (C=O) groups is 1. The van der Waals surface area contributed by atoms with Crippen LogP contribution in [-0.2, 0) is 17.0 Å². The quantitative estimate of drug-likeness (QED) is 0.501. The van der Waals surface area contributed by atoms with Gasteiger partial charge >= 0.3 is 0 Å². The first-order valence-corrected chi connectivity index (χ1v) is 10.2. The van der Waals surface area contributed by atoms with E-state index in [4.69, 9.17) is 4.42 Å². The molecule has 1 N–H and O–H groups in total. The van der Waals surface area contributed by atoms with Crippen LogP contribution >= 0.6 is 11.8 Å². The molecule has 6 heteroatoms. The SMILES string of the molecule is O=C(CCc1ccc(-c2ccccc2F)o1)NCCSCc1ccccc1F. The Balaban J connectivity index is 1.36. The molecular weight excluding hydrogens is 380 g/mol. The van der Waals surface area contributed by atoms with Crippen molar-refractivity contribution in [1.29, 1.82) is 0 Å². The number of amides is 1. The second kappa shape index (κ2) is 10.1. The van der Waals surface area contributed by atoms with Crippen LogP contribution in [0.5, 0.6) is 0 Å². The number of hydrogen-bond acceptors (Lipinski definition) is 3. The summed E-state index contributed by atoms with van der Waals surface area (Å²) in [7, 11) is 0. The number of rotatable bonds is 9. The second-order valence-corrected chi connectivity index (χ2v) is 7.34. The molecule has 0 atom stereocenters. The summed E-state index contributed by atoms with van der Waals surface area (Å²) in [5.41, 5.74) is 1.08. The lowest BCUT2D eigenvalue weighted by molar-refractivity contribution is -0.121. The predicted octanol–water partition coefficient (Wildman–Crippen LogP) is 5.21. The average molecular weight is 401 g/mol. The summed E-state index contributed by atoms with van der Waals surface area (Å²) in [6, 6.07) is 16.6. The van der Waals surface area contributed by atoms with E-state index in [9.17, 15) is 13.6 Å². The highest BCUT2D eigenvalue weighted by Gasteiger charge is 2.10. The topological polar surface area (TPSA) is 42.2 Å². The maximum Gasteiger partial charge on any atom is 0.220 e. The molecule has 3 rings (SSSR count). The standard InChI is InChI=1S/C22H21F2NO2S/c23-19-7-3-1-5-16(19)15-28-14-13-25-22(26)12-10-17-9-11-21(27-17)18-6-2-4-8-20(18)24/h1-9,11H,10,12-15H2,(H,25,26). The molecule has 1 aromatic heterocycles. The van der Waals surface area contributed by atoms with Gasteiger partial charge in [-0.1, -0.05) is 30.3 Å². The molecule has 0 bridgehead atoms. The van der Waals surface area contributed by atoms with E-state index in [0.29, 0.717) is 53.5 Å². The minimum Gasteiger partial charge on any atom is -0.461 e. The first kappa shape index (κ1) is 20.1. The molecule has 3 aromatic rings. The van der Waals surface area contributed by atoms with Crippen LogP contribution in [0.15, 0.2) is 65.1 Å². The Kier molecular flexibility index (Phi) is 7.25. The van der Waals surface area contributed by atoms with Gasteiger partial charge < -0.3 is 9.73 Å². The summed E-state index contributed by atoms with van der Waals surface area (Å²) in [5.74, 6) is 1.77. The number of nitrogens with one attached hydrogen (secondary N) is 1. The predicted molar refractivity (Wildman–Crippen MR) is 108 cm³/mol. The third kappa shape index (κ3) is 5.70. The van der Waals surface area contributed by atoms with Crippen molar-refractivity contribution in [2.24, 2.45) is 0 Å². The van der Waals surface area contributed by atoms with Crippen LogP contribution in [0.3, 0.4) is 0 Å². The Labute approximate surface area is 167 Å². The van der Waals surface area contributed by atoms with Crippen LogP contribution < -0.4 is 5.32 Å². The zero-order chi connectivity index (χ0) is 19.8. The van der Waals surface area contributed by atoms with Gasteiger partial charge in [0.05, 0.1) is 5.56 Å². The fraction of sp³-hybridized carbons (Fsp3) is 0.227. The van der Waals surface area contributed by atoms with E-state index in [1.807, 2.05) is 6.07 Å². The molecule has 2 aromatic carbocycles. The molecule has 0 saturated carbocycles. The van der Waals surface area contributed by atoms with Gasteiger partial charge in [-0.15, -0.1) is 0 Å². The molecular formula is C22H21F2NO2S. The Morgan fingerprint density at radius 3 is 2.50 bits per heavy atom. The van der Waals surface area contributed by atoms with Gasteiger partial charge in [0, 0.05) is 30.9 Å². The van der Waals surface area contributed by atoms with E-state index < -0.39 is 0 Å². The van der Waals surface area contributed by atoms with E-state index in [0.717, 1.165) is 0 Å². The number of hydrogen-bond donors (Lipinski definition) is 1. The van der Waals surface area contributed by atoms with Gasteiger partial charge in [-0.25, -0.2) is 8.78 Å². The minimum absolute atomic E-state index is 0.0738. The molecule has 0 spiro atoms. The molecule has 3 nitrogen and oxygen atoms in total. The van der Waals surface area contributed by atoms with E-state index in [1.54, 1.807) is 54.2 Å². The minimum atomic E-state index is -0.339. The largest absolute Gasteiger partial charge is 0.461 e. The zero-order valence-corrected chi connectivity index (χ0v) is 16.1. The molecule has 0 aliphatic carbocycles. The van der Waals surface area contributed by atoms with Crippen molar-refractivity contribution < 1.29 is 18.0 Å². The van der Waals surface area contributed by atoms with Gasteiger partial charge in [0.2, 0.25) is 5.91 Å². The van der Waals surface area contributed by atoms with Crippen molar-refractivity contribution in [1.82, 2.24) is 5.32 Å². The summed E-state index contributed by atoms with van der Waals surface area (Å²) in [6.45, 7) is 0.524. The molecule has 1 heterocycles. The normalized spacial score (nSPS) is 10.8. The Morgan fingerprint density at radius 2 is 1.71 bits per heavy atom. The Morgan fingerprint density at radius 1 is 0.964 bits per heavy atom. The lowest BCUT2D eigenvalue weighted by atomic mass is 10.1. The number of thioether (sulfide) groups is 1. The summed E-state index contributed by atoms with van der Waals surface area (Å²) in [5, 5.41) is 2.85. The average Bonchev–Trinajstić information content (AvgIpc) is 3.16. The van der Waals surface area contributed by atoms with Crippen LogP contribution in [0.25, 0.3) is 11.3 Å². The molecule has 1 amide bonds. The molecule has 0 radical (unpaired) electrons. The highest BCUT2D eigenvalue weighted by molar-refractivity contribution is 7.98. The van der Waals surface area contributed by atoms with E-state index >= 15 is 0 Å². The summed E-state index contributed by atoms with van der Waals surface area (Å²) >= 11 is 1.57. The van der Waals surface area contributed by atoms with Crippen molar-refractivity contribution in [3.05, 3.63) is 83.6 Å². The van der Waals surface area contributed by atoms with Crippen LogP contribution in [0, 0.1) is 11.6 Å². The molecule has 0 saturated heterocycles. The first-order valence-electron chi connectivity index (χ1n) is 9.05. The summed E-state index contributed by atoms with van der Waals surface area (Å²) in [4.78, 5) is 12.0. The van der Waals surface area contributed by atoms with Gasteiger partial charge in [0.15, 0.2) is 0 Å². The Bertz CT molecular complexity index is 926. The number of halogens is 2. The van der Waals surface area contributed by atoms with Crippen LogP contribution in [-0.4, -0.2) is 18.2 Å². The summed E-state index contributed by atoms with van der Waals surface area (Å²) < 4.78 is 32.9. The molecule has 0 aliphatic rings. The van der Waals surface area contributed by atoms with Crippen molar-refractivity contribution >= 4 is 17.7 Å². The molecule has 28 heavy (non-hydrogen) atoms. The highest BCUT2D eigenvalue weighted by Crippen LogP contribution is 2.25. The van der Waals surface area contributed by atoms with Gasteiger partial charge in [-0.2, -0.15) is 11.8 Å². The van der Waals surface area contributed by atoms with E-state index in [-0.39, 0.29) is 17.5 Å². The molecule has 0 unspecified atom stereocenters. The number of aryl methyl sites for hydroxylation is 1. The summed E-state index contributed by atoms with van der Waals surface area (Å²) in [6.07, 6.45) is 0.741. The van der Waals surface area contributed by atoms with Crippen LogP contribution in [0.4, 0.5) is 8.78 Å². The van der Waals surface area contributed by atoms with Gasteiger partial charge in [-0.3, -0.25) is 4.79 Å². The van der Waals surface area contributed by atoms with Crippen molar-refractivity contribution in [2.75, 3.05) is 12.3 Å². The number of furan rings is 1. The van der Waals surface area contributed by atoms with Gasteiger partial charge in [-0.05, 0) is 35.9 Å². The Hall–Kier alpha value is -2.60. The molecule has 0 fully saturated rings.